The summed E-state index contributed by atoms with van der Waals surface area (Å²) in [5.74, 6) is 0.604. The van der Waals surface area contributed by atoms with Gasteiger partial charge in [-0.05, 0) is 24.6 Å². The topological polar surface area (TPSA) is 75.7 Å². The van der Waals surface area contributed by atoms with Crippen LogP contribution in [0.15, 0.2) is 47.5 Å². The Balaban J connectivity index is 1.54. The van der Waals surface area contributed by atoms with Crippen LogP contribution in [-0.2, 0) is 7.05 Å². The number of hydrogen-bond acceptors (Lipinski definition) is 5. The highest BCUT2D eigenvalue weighted by Gasteiger charge is 2.22. The minimum atomic E-state index is -0.101. The van der Waals surface area contributed by atoms with Crippen LogP contribution in [-0.4, -0.2) is 56.2 Å². The number of anilines is 1. The monoisotopic (exact) mass is 352 g/mol. The third-order valence-corrected chi connectivity index (χ3v) is 4.60. The minimum Gasteiger partial charge on any atom is -0.355 e. The number of rotatable bonds is 2. The van der Waals surface area contributed by atoms with Gasteiger partial charge in [-0.15, -0.1) is 0 Å². The molecule has 0 saturated carbocycles. The van der Waals surface area contributed by atoms with Gasteiger partial charge in [-0.2, -0.15) is 5.10 Å². The number of aromatic nitrogens is 4. The van der Waals surface area contributed by atoms with Gasteiger partial charge in [0, 0.05) is 51.7 Å². The van der Waals surface area contributed by atoms with E-state index in [1.807, 2.05) is 23.1 Å². The highest BCUT2D eigenvalue weighted by atomic mass is 16.2. The molecule has 1 aliphatic rings. The molecule has 0 aromatic carbocycles. The van der Waals surface area contributed by atoms with Gasteiger partial charge < -0.3 is 9.80 Å². The lowest BCUT2D eigenvalue weighted by Crippen LogP contribution is -2.36. The molecule has 0 unspecified atom stereocenters. The number of amides is 1. The summed E-state index contributed by atoms with van der Waals surface area (Å²) in [6.07, 6.45) is 4.29. The summed E-state index contributed by atoms with van der Waals surface area (Å²) >= 11 is 0. The van der Waals surface area contributed by atoms with Gasteiger partial charge in [0.15, 0.2) is 0 Å². The zero-order valence-corrected chi connectivity index (χ0v) is 14.6. The van der Waals surface area contributed by atoms with Crippen LogP contribution in [0.4, 0.5) is 5.82 Å². The summed E-state index contributed by atoms with van der Waals surface area (Å²) in [7, 11) is 1.80. The molecule has 1 amide bonds. The largest absolute Gasteiger partial charge is 0.355 e. The van der Waals surface area contributed by atoms with Crippen molar-refractivity contribution in [3.8, 4) is 0 Å². The highest BCUT2D eigenvalue weighted by Crippen LogP contribution is 2.14. The molecule has 8 nitrogen and oxygen atoms in total. The maximum absolute atomic E-state index is 12.6. The Morgan fingerprint density at radius 3 is 2.77 bits per heavy atom. The fourth-order valence-corrected chi connectivity index (χ4v) is 3.24. The van der Waals surface area contributed by atoms with Gasteiger partial charge in [-0.3, -0.25) is 18.7 Å². The summed E-state index contributed by atoms with van der Waals surface area (Å²) in [6.45, 7) is 2.62. The van der Waals surface area contributed by atoms with Gasteiger partial charge in [-0.25, -0.2) is 4.98 Å². The smallest absolute Gasteiger partial charge is 0.274 e. The number of fused-ring (bicyclic) bond motifs is 1. The second-order valence-corrected chi connectivity index (χ2v) is 6.39. The SMILES string of the molecule is Cn1ccc(C(=O)N2CCCN(c3cc(=O)n4ccccc4n3)CC2)n1. The van der Waals surface area contributed by atoms with Crippen molar-refractivity contribution in [3.63, 3.8) is 0 Å². The molecular formula is C18H20N6O2. The van der Waals surface area contributed by atoms with Crippen molar-refractivity contribution in [2.45, 2.75) is 6.42 Å². The van der Waals surface area contributed by atoms with Gasteiger partial charge in [-0.1, -0.05) is 6.07 Å². The lowest BCUT2D eigenvalue weighted by Gasteiger charge is -2.22. The predicted molar refractivity (Wildman–Crippen MR) is 97.4 cm³/mol. The van der Waals surface area contributed by atoms with Crippen molar-refractivity contribution >= 4 is 17.4 Å². The van der Waals surface area contributed by atoms with Gasteiger partial charge in [0.05, 0.1) is 0 Å². The zero-order chi connectivity index (χ0) is 18.1. The van der Waals surface area contributed by atoms with E-state index in [1.54, 1.807) is 36.3 Å². The third kappa shape index (κ3) is 3.05. The Morgan fingerprint density at radius 2 is 1.96 bits per heavy atom. The molecule has 0 N–H and O–H groups in total. The average molecular weight is 352 g/mol. The average Bonchev–Trinajstić information content (AvgIpc) is 2.93. The van der Waals surface area contributed by atoms with Gasteiger partial charge in [0.1, 0.15) is 17.2 Å². The third-order valence-electron chi connectivity index (χ3n) is 4.60. The minimum absolute atomic E-state index is 0.0565. The molecule has 134 valence electrons. The fourth-order valence-electron chi connectivity index (χ4n) is 3.24. The van der Waals surface area contributed by atoms with Crippen molar-refractivity contribution in [1.29, 1.82) is 0 Å². The predicted octanol–water partition coefficient (Wildman–Crippen LogP) is 0.780. The standard InChI is InChI=1S/C18H20N6O2/c1-21-10-6-14(20-21)18(26)23-8-4-7-22(11-12-23)16-13-17(25)24-9-3-2-5-15(24)19-16/h2-3,5-6,9-10,13H,4,7-8,11-12H2,1H3. The first-order valence-corrected chi connectivity index (χ1v) is 8.64. The molecule has 0 atom stereocenters. The molecule has 8 heteroatoms. The quantitative estimate of drug-likeness (QED) is 0.681. The van der Waals surface area contributed by atoms with E-state index in [0.29, 0.717) is 36.8 Å². The Kier molecular flexibility index (Phi) is 4.16. The molecule has 0 bridgehead atoms. The highest BCUT2D eigenvalue weighted by molar-refractivity contribution is 5.92. The zero-order valence-electron chi connectivity index (χ0n) is 14.6. The van der Waals surface area contributed by atoms with E-state index >= 15 is 0 Å². The van der Waals surface area contributed by atoms with E-state index in [4.69, 9.17) is 0 Å². The summed E-state index contributed by atoms with van der Waals surface area (Å²) in [6, 6.07) is 8.78. The molecule has 3 aromatic rings. The fraction of sp³-hybridized carbons (Fsp3) is 0.333. The number of aryl methyl sites for hydroxylation is 1. The number of hydrogen-bond donors (Lipinski definition) is 0. The summed E-state index contributed by atoms with van der Waals surface area (Å²) < 4.78 is 3.15. The molecule has 26 heavy (non-hydrogen) atoms. The molecule has 1 fully saturated rings. The van der Waals surface area contributed by atoms with Crippen LogP contribution >= 0.6 is 0 Å². The van der Waals surface area contributed by atoms with E-state index < -0.39 is 0 Å². The molecule has 0 spiro atoms. The Bertz CT molecular complexity index is 1010. The molecule has 4 rings (SSSR count). The lowest BCUT2D eigenvalue weighted by molar-refractivity contribution is 0.0760. The molecule has 1 saturated heterocycles. The van der Waals surface area contributed by atoms with Crippen molar-refractivity contribution in [2.24, 2.45) is 7.05 Å². The van der Waals surface area contributed by atoms with E-state index in [0.717, 1.165) is 13.0 Å². The maximum Gasteiger partial charge on any atom is 0.274 e. The Morgan fingerprint density at radius 1 is 1.08 bits per heavy atom. The van der Waals surface area contributed by atoms with Gasteiger partial charge in [0.25, 0.3) is 11.5 Å². The number of carbonyl (C=O) groups is 1. The van der Waals surface area contributed by atoms with Crippen LogP contribution in [0.1, 0.15) is 16.9 Å². The van der Waals surface area contributed by atoms with E-state index in [1.165, 1.54) is 4.40 Å². The van der Waals surface area contributed by atoms with Gasteiger partial charge >= 0.3 is 0 Å². The summed E-state index contributed by atoms with van der Waals surface area (Å²) in [4.78, 5) is 33.4. The maximum atomic E-state index is 12.6. The molecule has 3 aromatic heterocycles. The van der Waals surface area contributed by atoms with Crippen LogP contribution < -0.4 is 10.5 Å². The van der Waals surface area contributed by atoms with E-state index in [9.17, 15) is 9.59 Å². The molecule has 0 radical (unpaired) electrons. The normalized spacial score (nSPS) is 15.3. The lowest BCUT2D eigenvalue weighted by atomic mass is 10.3. The number of pyridine rings is 1. The molecule has 1 aliphatic heterocycles. The van der Waals surface area contributed by atoms with Crippen LogP contribution in [0, 0.1) is 0 Å². The van der Waals surface area contributed by atoms with Crippen molar-refractivity contribution < 1.29 is 4.79 Å². The first-order chi connectivity index (χ1) is 12.6. The second-order valence-electron chi connectivity index (χ2n) is 6.39. The van der Waals surface area contributed by atoms with E-state index in [-0.39, 0.29) is 11.5 Å². The van der Waals surface area contributed by atoms with Crippen molar-refractivity contribution in [2.75, 3.05) is 31.1 Å². The van der Waals surface area contributed by atoms with Crippen LogP contribution in [0.25, 0.3) is 5.65 Å². The van der Waals surface area contributed by atoms with Crippen LogP contribution in [0.3, 0.4) is 0 Å². The van der Waals surface area contributed by atoms with Crippen LogP contribution in [0.5, 0.6) is 0 Å². The van der Waals surface area contributed by atoms with Crippen molar-refractivity contribution in [3.05, 3.63) is 58.8 Å². The second kappa shape index (κ2) is 6.62. The molecular weight excluding hydrogens is 332 g/mol. The summed E-state index contributed by atoms with van der Waals surface area (Å²) in [5, 5.41) is 4.19. The van der Waals surface area contributed by atoms with Gasteiger partial charge in [0.2, 0.25) is 0 Å². The molecule has 4 heterocycles. The van der Waals surface area contributed by atoms with Crippen molar-refractivity contribution in [1.82, 2.24) is 24.1 Å². The number of nitrogens with zero attached hydrogens (tertiary/aromatic N) is 6. The Labute approximate surface area is 150 Å². The van der Waals surface area contributed by atoms with Crippen LogP contribution in [0.2, 0.25) is 0 Å². The molecule has 0 aliphatic carbocycles. The first kappa shape index (κ1) is 16.3. The van der Waals surface area contributed by atoms with E-state index in [2.05, 4.69) is 15.0 Å². The Hall–Kier alpha value is -3.16. The summed E-state index contributed by atoms with van der Waals surface area (Å²) in [5.41, 5.74) is 0.986. The number of carbonyl (C=O) groups excluding carboxylic acids is 1. The first-order valence-electron chi connectivity index (χ1n) is 8.64.